The third-order valence-corrected chi connectivity index (χ3v) is 5.17. The molecule has 1 amide bonds. The summed E-state index contributed by atoms with van der Waals surface area (Å²) in [5.74, 6) is 2.66. The molecular formula is C22H36N4O4. The molecule has 3 N–H and O–H groups in total. The van der Waals surface area contributed by atoms with Gasteiger partial charge in [-0.3, -0.25) is 4.99 Å². The monoisotopic (exact) mass is 420 g/mol. The van der Waals surface area contributed by atoms with Crippen molar-refractivity contribution in [2.24, 2.45) is 16.8 Å². The molecule has 2 unspecified atom stereocenters. The van der Waals surface area contributed by atoms with Gasteiger partial charge in [-0.15, -0.1) is 0 Å². The fourth-order valence-corrected chi connectivity index (χ4v) is 3.38. The Labute approximate surface area is 179 Å². The van der Waals surface area contributed by atoms with Gasteiger partial charge in [-0.05, 0) is 58.1 Å². The van der Waals surface area contributed by atoms with Gasteiger partial charge in [0.25, 0.3) is 0 Å². The van der Waals surface area contributed by atoms with Crippen molar-refractivity contribution in [3.05, 3.63) is 24.2 Å². The molecule has 2 aliphatic rings. The first-order chi connectivity index (χ1) is 14.4. The molecule has 2 fully saturated rings. The van der Waals surface area contributed by atoms with E-state index in [9.17, 15) is 4.79 Å². The van der Waals surface area contributed by atoms with Crippen LogP contribution in [0.2, 0.25) is 0 Å². The molecule has 8 nitrogen and oxygen atoms in total. The maximum atomic E-state index is 12.2. The van der Waals surface area contributed by atoms with E-state index in [1.165, 1.54) is 0 Å². The average molecular weight is 421 g/mol. The van der Waals surface area contributed by atoms with Crippen LogP contribution in [0, 0.1) is 11.8 Å². The Hall–Kier alpha value is -2.22. The van der Waals surface area contributed by atoms with Crippen LogP contribution in [0.3, 0.4) is 0 Å². The van der Waals surface area contributed by atoms with E-state index in [1.54, 1.807) is 6.26 Å². The first-order valence-electron chi connectivity index (χ1n) is 11.0. The summed E-state index contributed by atoms with van der Waals surface area (Å²) in [6.07, 6.45) is 5.39. The van der Waals surface area contributed by atoms with Gasteiger partial charge >= 0.3 is 6.09 Å². The van der Waals surface area contributed by atoms with Gasteiger partial charge in [0.2, 0.25) is 0 Å². The van der Waals surface area contributed by atoms with E-state index in [1.807, 2.05) is 32.9 Å². The molecule has 30 heavy (non-hydrogen) atoms. The van der Waals surface area contributed by atoms with Crippen LogP contribution in [0.1, 0.15) is 45.8 Å². The van der Waals surface area contributed by atoms with Crippen molar-refractivity contribution >= 4 is 12.1 Å². The van der Waals surface area contributed by atoms with E-state index in [4.69, 9.17) is 18.9 Å². The summed E-state index contributed by atoms with van der Waals surface area (Å²) in [6.45, 7) is 9.28. The molecule has 8 heteroatoms. The molecule has 2 atom stereocenters. The summed E-state index contributed by atoms with van der Waals surface area (Å²) >= 11 is 0. The van der Waals surface area contributed by atoms with Gasteiger partial charge < -0.3 is 29.8 Å². The maximum Gasteiger partial charge on any atom is 0.407 e. The number of hydrogen-bond donors (Lipinski definition) is 3. The summed E-state index contributed by atoms with van der Waals surface area (Å²) < 4.78 is 16.3. The van der Waals surface area contributed by atoms with Crippen molar-refractivity contribution < 1.29 is 18.7 Å². The molecule has 3 rings (SSSR count). The molecule has 1 saturated heterocycles. The van der Waals surface area contributed by atoms with E-state index in [2.05, 4.69) is 16.0 Å². The first-order valence-corrected chi connectivity index (χ1v) is 11.0. The van der Waals surface area contributed by atoms with Gasteiger partial charge in [-0.25, -0.2) is 4.79 Å². The lowest BCUT2D eigenvalue weighted by molar-refractivity contribution is 0.0500. The number of nitrogens with zero attached hydrogens (tertiary/aromatic N) is 1. The number of furan rings is 1. The zero-order valence-corrected chi connectivity index (χ0v) is 18.4. The second-order valence-corrected chi connectivity index (χ2v) is 9.15. The number of carbonyl (C=O) groups excluding carboxylic acids is 1. The number of ether oxygens (including phenoxy) is 2. The van der Waals surface area contributed by atoms with E-state index in [0.717, 1.165) is 57.2 Å². The Bertz CT molecular complexity index is 674. The topological polar surface area (TPSA) is 97.1 Å². The van der Waals surface area contributed by atoms with Gasteiger partial charge in [-0.1, -0.05) is 0 Å². The standard InChI is InChI=1S/C22H36N4O4/c1-22(2,3)30-21(27)26-19(17-6-7-17)14-25-20(24-13-16-9-12-28-15-16)23-10-8-18-5-4-11-29-18/h4-5,11,16-17,19H,6-10,12-15H2,1-3H3,(H,26,27)(H2,23,24,25). The quantitative estimate of drug-likeness (QED) is 0.420. The van der Waals surface area contributed by atoms with Crippen LogP contribution in [0.25, 0.3) is 0 Å². The number of amides is 1. The van der Waals surface area contributed by atoms with Crippen LogP contribution in [-0.4, -0.2) is 56.5 Å². The Kier molecular flexibility index (Phi) is 8.01. The average Bonchev–Trinajstić information content (AvgIpc) is 3.14. The first kappa shape index (κ1) is 22.5. The molecule has 0 aromatic carbocycles. The van der Waals surface area contributed by atoms with E-state index >= 15 is 0 Å². The molecule has 0 bridgehead atoms. The van der Waals surface area contributed by atoms with Crippen molar-refractivity contribution in [2.45, 2.75) is 58.1 Å². The smallest absolute Gasteiger partial charge is 0.407 e. The number of alkyl carbamates (subject to hydrolysis) is 1. The third-order valence-electron chi connectivity index (χ3n) is 5.17. The van der Waals surface area contributed by atoms with Gasteiger partial charge in [0.15, 0.2) is 5.96 Å². The lowest BCUT2D eigenvalue weighted by Gasteiger charge is -2.23. The Morgan fingerprint density at radius 3 is 2.77 bits per heavy atom. The minimum atomic E-state index is -0.509. The molecule has 1 aromatic rings. The second-order valence-electron chi connectivity index (χ2n) is 9.15. The Balaban J connectivity index is 1.53. The number of aliphatic imine (C=N–C) groups is 1. The fraction of sp³-hybridized carbons (Fsp3) is 0.727. The predicted octanol–water partition coefficient (Wildman–Crippen LogP) is 2.70. The molecule has 0 radical (unpaired) electrons. The molecule has 0 spiro atoms. The zero-order valence-electron chi connectivity index (χ0n) is 18.4. The molecule has 1 aliphatic heterocycles. The van der Waals surface area contributed by atoms with Crippen molar-refractivity contribution in [1.29, 1.82) is 0 Å². The summed E-state index contributed by atoms with van der Waals surface area (Å²) in [5.41, 5.74) is -0.509. The highest BCUT2D eigenvalue weighted by Crippen LogP contribution is 2.33. The van der Waals surface area contributed by atoms with Crippen molar-refractivity contribution in [3.63, 3.8) is 0 Å². The predicted molar refractivity (Wildman–Crippen MR) is 116 cm³/mol. The van der Waals surface area contributed by atoms with Crippen LogP contribution >= 0.6 is 0 Å². The number of guanidine groups is 1. The Morgan fingerprint density at radius 1 is 1.30 bits per heavy atom. The molecule has 168 valence electrons. The van der Waals surface area contributed by atoms with Gasteiger partial charge in [0.05, 0.1) is 25.5 Å². The lowest BCUT2D eigenvalue weighted by Crippen LogP contribution is -2.44. The summed E-state index contributed by atoms with van der Waals surface area (Å²) in [5, 5.41) is 9.82. The minimum absolute atomic E-state index is 0.0154. The normalized spacial score (nSPS) is 20.6. The number of nitrogens with one attached hydrogen (secondary N) is 3. The molecule has 1 aliphatic carbocycles. The van der Waals surface area contributed by atoms with E-state index in [-0.39, 0.29) is 12.1 Å². The molecule has 1 saturated carbocycles. The highest BCUT2D eigenvalue weighted by atomic mass is 16.6. The van der Waals surface area contributed by atoms with E-state index < -0.39 is 5.60 Å². The fourth-order valence-electron chi connectivity index (χ4n) is 3.38. The highest BCUT2D eigenvalue weighted by Gasteiger charge is 2.33. The van der Waals surface area contributed by atoms with Crippen molar-refractivity contribution in [3.8, 4) is 0 Å². The number of rotatable bonds is 9. The van der Waals surface area contributed by atoms with Gasteiger partial charge in [-0.2, -0.15) is 0 Å². The number of hydrogen-bond acceptors (Lipinski definition) is 5. The molecule has 2 heterocycles. The largest absolute Gasteiger partial charge is 0.469 e. The molecular weight excluding hydrogens is 384 g/mol. The summed E-state index contributed by atoms with van der Waals surface area (Å²) in [6, 6.07) is 3.85. The lowest BCUT2D eigenvalue weighted by atomic mass is 10.1. The van der Waals surface area contributed by atoms with Crippen LogP contribution in [0.4, 0.5) is 4.79 Å². The second kappa shape index (κ2) is 10.7. The van der Waals surface area contributed by atoms with Crippen LogP contribution in [0.5, 0.6) is 0 Å². The number of carbonyl (C=O) groups is 1. The minimum Gasteiger partial charge on any atom is -0.469 e. The summed E-state index contributed by atoms with van der Waals surface area (Å²) in [4.78, 5) is 17.0. The van der Waals surface area contributed by atoms with Crippen LogP contribution in [0.15, 0.2) is 27.8 Å². The van der Waals surface area contributed by atoms with Crippen molar-refractivity contribution in [2.75, 3.05) is 32.8 Å². The zero-order chi connectivity index (χ0) is 21.4. The molecule has 1 aromatic heterocycles. The van der Waals surface area contributed by atoms with Crippen molar-refractivity contribution in [1.82, 2.24) is 16.0 Å². The van der Waals surface area contributed by atoms with E-state index in [0.29, 0.717) is 24.9 Å². The van der Waals surface area contributed by atoms with Crippen LogP contribution < -0.4 is 16.0 Å². The summed E-state index contributed by atoms with van der Waals surface area (Å²) in [7, 11) is 0. The maximum absolute atomic E-state index is 12.2. The SMILES string of the molecule is CC(C)(C)OC(=O)NC(CN=C(NCCc1ccco1)NCC1CCOC1)C1CC1. The third kappa shape index (κ3) is 8.26. The van der Waals surface area contributed by atoms with Crippen LogP contribution in [-0.2, 0) is 15.9 Å². The van der Waals surface area contributed by atoms with Gasteiger partial charge in [0.1, 0.15) is 11.4 Å². The Morgan fingerprint density at radius 2 is 2.13 bits per heavy atom. The highest BCUT2D eigenvalue weighted by molar-refractivity contribution is 5.79. The van der Waals surface area contributed by atoms with Gasteiger partial charge in [0, 0.05) is 32.0 Å².